The van der Waals surface area contributed by atoms with Crippen molar-refractivity contribution in [2.45, 2.75) is 12.5 Å². The van der Waals surface area contributed by atoms with Crippen molar-refractivity contribution in [3.8, 4) is 0 Å². The average Bonchev–Trinajstić information content (AvgIpc) is 2.06. The second kappa shape index (κ2) is 4.54. The van der Waals surface area contributed by atoms with Gasteiger partial charge in [0.05, 0.1) is 0 Å². The van der Waals surface area contributed by atoms with E-state index < -0.39 is 0 Å². The Balaban J connectivity index is 2.68. The highest BCUT2D eigenvalue weighted by molar-refractivity contribution is 9.10. The van der Waals surface area contributed by atoms with Gasteiger partial charge in [-0.25, -0.2) is 4.98 Å². The second-order valence-corrected chi connectivity index (χ2v) is 3.41. The Bertz CT molecular complexity index is 235. The maximum absolute atomic E-state index is 5.82. The van der Waals surface area contributed by atoms with Crippen LogP contribution in [-0.2, 0) is 0 Å². The monoisotopic (exact) mass is 229 g/mol. The van der Waals surface area contributed by atoms with Crippen molar-refractivity contribution < 1.29 is 0 Å². The molecule has 12 heavy (non-hydrogen) atoms. The minimum Gasteiger partial charge on any atom is -0.330 e. The summed E-state index contributed by atoms with van der Waals surface area (Å²) in [5.41, 5.74) is 12.2. The Morgan fingerprint density at radius 1 is 1.50 bits per heavy atom. The predicted molar refractivity (Wildman–Crippen MR) is 52.5 cm³/mol. The number of nitrogens with two attached hydrogens (primary N) is 2. The topological polar surface area (TPSA) is 64.9 Å². The molecule has 3 nitrogen and oxygen atoms in total. The van der Waals surface area contributed by atoms with Gasteiger partial charge < -0.3 is 11.5 Å². The Morgan fingerprint density at radius 2 is 2.25 bits per heavy atom. The van der Waals surface area contributed by atoms with Crippen LogP contribution >= 0.6 is 15.9 Å². The van der Waals surface area contributed by atoms with E-state index in [0.29, 0.717) is 6.54 Å². The molecule has 0 aliphatic heterocycles. The molecule has 1 heterocycles. The summed E-state index contributed by atoms with van der Waals surface area (Å²) in [5, 5.41) is 0. The lowest BCUT2D eigenvalue weighted by Crippen LogP contribution is -2.15. The molecule has 0 unspecified atom stereocenters. The van der Waals surface area contributed by atoms with Crippen molar-refractivity contribution in [1.29, 1.82) is 0 Å². The van der Waals surface area contributed by atoms with Gasteiger partial charge in [0.15, 0.2) is 0 Å². The van der Waals surface area contributed by atoms with Crippen LogP contribution in [-0.4, -0.2) is 11.5 Å². The third-order valence-electron chi connectivity index (χ3n) is 1.66. The van der Waals surface area contributed by atoms with E-state index >= 15 is 0 Å². The number of hydrogen-bond donors (Lipinski definition) is 2. The van der Waals surface area contributed by atoms with E-state index in [4.69, 9.17) is 11.5 Å². The molecule has 1 aromatic rings. The SMILES string of the molecule is NCC[C@@H](N)c1ccc(Br)nc1. The Labute approximate surface area is 80.3 Å². The summed E-state index contributed by atoms with van der Waals surface area (Å²) in [7, 11) is 0. The first-order valence-corrected chi connectivity index (χ1v) is 4.60. The van der Waals surface area contributed by atoms with E-state index in [9.17, 15) is 0 Å². The van der Waals surface area contributed by atoms with E-state index in [-0.39, 0.29) is 6.04 Å². The van der Waals surface area contributed by atoms with Gasteiger partial charge in [0, 0.05) is 12.2 Å². The molecule has 0 aliphatic rings. The van der Waals surface area contributed by atoms with Crippen molar-refractivity contribution in [2.24, 2.45) is 11.5 Å². The van der Waals surface area contributed by atoms with Gasteiger partial charge in [0.2, 0.25) is 0 Å². The number of rotatable bonds is 3. The van der Waals surface area contributed by atoms with Crippen molar-refractivity contribution in [3.63, 3.8) is 0 Å². The molecule has 0 spiro atoms. The molecule has 0 fully saturated rings. The fourth-order valence-corrected chi connectivity index (χ4v) is 1.19. The maximum atomic E-state index is 5.82. The van der Waals surface area contributed by atoms with Crippen LogP contribution < -0.4 is 11.5 Å². The van der Waals surface area contributed by atoms with Gasteiger partial charge in [-0.1, -0.05) is 6.07 Å². The largest absolute Gasteiger partial charge is 0.330 e. The molecule has 0 aromatic carbocycles. The van der Waals surface area contributed by atoms with Crippen LogP contribution in [0.15, 0.2) is 22.9 Å². The van der Waals surface area contributed by atoms with Crippen LogP contribution in [0, 0.1) is 0 Å². The highest BCUT2D eigenvalue weighted by atomic mass is 79.9. The molecule has 66 valence electrons. The molecule has 1 atom stereocenters. The molecule has 4 N–H and O–H groups in total. The third kappa shape index (κ3) is 2.55. The molecular weight excluding hydrogens is 218 g/mol. The molecule has 0 amide bonds. The first-order valence-electron chi connectivity index (χ1n) is 3.81. The summed E-state index contributed by atoms with van der Waals surface area (Å²) in [4.78, 5) is 4.08. The lowest BCUT2D eigenvalue weighted by molar-refractivity contribution is 0.658. The number of aromatic nitrogens is 1. The molecule has 0 bridgehead atoms. The van der Waals surface area contributed by atoms with Gasteiger partial charge in [-0.05, 0) is 40.5 Å². The van der Waals surface area contributed by atoms with Crippen LogP contribution in [0.25, 0.3) is 0 Å². The average molecular weight is 230 g/mol. The number of hydrogen-bond acceptors (Lipinski definition) is 3. The molecule has 0 saturated carbocycles. The van der Waals surface area contributed by atoms with Crippen molar-refractivity contribution in [1.82, 2.24) is 4.98 Å². The predicted octanol–water partition coefficient (Wildman–Crippen LogP) is 1.19. The maximum Gasteiger partial charge on any atom is 0.106 e. The lowest BCUT2D eigenvalue weighted by Gasteiger charge is -2.09. The molecule has 0 saturated heterocycles. The van der Waals surface area contributed by atoms with Crippen molar-refractivity contribution in [3.05, 3.63) is 28.5 Å². The van der Waals surface area contributed by atoms with E-state index in [1.54, 1.807) is 6.20 Å². The summed E-state index contributed by atoms with van der Waals surface area (Å²) in [6.07, 6.45) is 2.56. The zero-order valence-electron chi connectivity index (χ0n) is 6.70. The first-order chi connectivity index (χ1) is 5.74. The summed E-state index contributed by atoms with van der Waals surface area (Å²) < 4.78 is 0.825. The van der Waals surface area contributed by atoms with Crippen LogP contribution in [0.4, 0.5) is 0 Å². The van der Waals surface area contributed by atoms with Crippen LogP contribution in [0.5, 0.6) is 0 Å². The fourth-order valence-electron chi connectivity index (χ4n) is 0.953. The Hall–Kier alpha value is -0.450. The van der Waals surface area contributed by atoms with Gasteiger partial charge in [-0.2, -0.15) is 0 Å². The normalized spacial score (nSPS) is 12.9. The van der Waals surface area contributed by atoms with Crippen molar-refractivity contribution >= 4 is 15.9 Å². The van der Waals surface area contributed by atoms with Crippen LogP contribution in [0.2, 0.25) is 0 Å². The zero-order chi connectivity index (χ0) is 8.97. The summed E-state index contributed by atoms with van der Waals surface area (Å²) in [5.74, 6) is 0. The molecule has 1 aromatic heterocycles. The fraction of sp³-hybridized carbons (Fsp3) is 0.375. The van der Waals surface area contributed by atoms with Gasteiger partial charge in [0.1, 0.15) is 4.60 Å². The number of halogens is 1. The molecule has 4 heteroatoms. The summed E-state index contributed by atoms with van der Waals surface area (Å²) in [6.45, 7) is 0.608. The first kappa shape index (κ1) is 9.64. The standard InChI is InChI=1S/C8H12BrN3/c9-8-2-1-6(5-12-8)7(11)3-4-10/h1-2,5,7H,3-4,10-11H2/t7-/m1/s1. The quantitative estimate of drug-likeness (QED) is 0.766. The molecule has 0 radical (unpaired) electrons. The molecule has 0 aliphatic carbocycles. The second-order valence-electron chi connectivity index (χ2n) is 2.60. The van der Waals surface area contributed by atoms with Gasteiger partial charge in [-0.3, -0.25) is 0 Å². The molecule has 1 rings (SSSR count). The van der Waals surface area contributed by atoms with E-state index in [2.05, 4.69) is 20.9 Å². The van der Waals surface area contributed by atoms with E-state index in [0.717, 1.165) is 16.6 Å². The highest BCUT2D eigenvalue weighted by Crippen LogP contribution is 2.14. The zero-order valence-corrected chi connectivity index (χ0v) is 8.29. The summed E-state index contributed by atoms with van der Waals surface area (Å²) >= 11 is 3.26. The van der Waals surface area contributed by atoms with Gasteiger partial charge in [0.25, 0.3) is 0 Å². The third-order valence-corrected chi connectivity index (χ3v) is 2.13. The summed E-state index contributed by atoms with van der Waals surface area (Å²) in [6, 6.07) is 3.85. The van der Waals surface area contributed by atoms with Crippen LogP contribution in [0.3, 0.4) is 0 Å². The Morgan fingerprint density at radius 3 is 2.75 bits per heavy atom. The van der Waals surface area contributed by atoms with E-state index in [1.807, 2.05) is 12.1 Å². The van der Waals surface area contributed by atoms with Crippen molar-refractivity contribution in [2.75, 3.05) is 6.54 Å². The lowest BCUT2D eigenvalue weighted by atomic mass is 10.1. The van der Waals surface area contributed by atoms with E-state index in [1.165, 1.54) is 0 Å². The smallest absolute Gasteiger partial charge is 0.106 e. The molecular formula is C8H12BrN3. The minimum absolute atomic E-state index is 0.00981. The van der Waals surface area contributed by atoms with Gasteiger partial charge in [-0.15, -0.1) is 0 Å². The minimum atomic E-state index is 0.00981. The Kier molecular flexibility index (Phi) is 3.65. The number of pyridine rings is 1. The van der Waals surface area contributed by atoms with Crippen LogP contribution in [0.1, 0.15) is 18.0 Å². The van der Waals surface area contributed by atoms with Gasteiger partial charge >= 0.3 is 0 Å². The number of nitrogens with zero attached hydrogens (tertiary/aromatic N) is 1. The highest BCUT2D eigenvalue weighted by Gasteiger charge is 2.03.